The van der Waals surface area contributed by atoms with E-state index >= 15 is 0 Å². The lowest BCUT2D eigenvalue weighted by Crippen LogP contribution is -2.22. The normalized spacial score (nSPS) is 12.2. The minimum atomic E-state index is -0.101. The molecule has 1 aromatic rings. The van der Waals surface area contributed by atoms with E-state index in [1.807, 2.05) is 6.92 Å². The molecule has 1 amide bonds. The van der Waals surface area contributed by atoms with Crippen molar-refractivity contribution in [2.24, 2.45) is 18.7 Å². The second-order valence-electron chi connectivity index (χ2n) is 4.13. The maximum absolute atomic E-state index is 11.7. The van der Waals surface area contributed by atoms with E-state index in [1.54, 1.807) is 19.3 Å². The highest BCUT2D eigenvalue weighted by Gasteiger charge is 2.10. The molecule has 0 aliphatic rings. The van der Waals surface area contributed by atoms with Crippen molar-refractivity contribution < 1.29 is 4.79 Å². The third-order valence-electron chi connectivity index (χ3n) is 2.75. The highest BCUT2D eigenvalue weighted by molar-refractivity contribution is 5.90. The maximum Gasteiger partial charge on any atom is 0.250 e. The van der Waals surface area contributed by atoms with Crippen molar-refractivity contribution in [3.8, 4) is 0 Å². The molecular formula is C12H19N3O2. The zero-order valence-corrected chi connectivity index (χ0v) is 10.3. The molecule has 5 heteroatoms. The summed E-state index contributed by atoms with van der Waals surface area (Å²) in [6.45, 7) is 2.52. The predicted octanol–water partition coefficient (Wildman–Crippen LogP) is 0.699. The predicted molar refractivity (Wildman–Crippen MR) is 67.8 cm³/mol. The fraction of sp³-hybridized carbons (Fsp3) is 0.500. The van der Waals surface area contributed by atoms with Crippen LogP contribution in [0.3, 0.4) is 0 Å². The second kappa shape index (κ2) is 6.20. The van der Waals surface area contributed by atoms with Gasteiger partial charge in [0.15, 0.2) is 0 Å². The molecule has 0 aromatic carbocycles. The van der Waals surface area contributed by atoms with Gasteiger partial charge in [0, 0.05) is 25.7 Å². The number of hydrogen-bond acceptors (Lipinski definition) is 3. The molecule has 1 unspecified atom stereocenters. The van der Waals surface area contributed by atoms with Gasteiger partial charge in [-0.3, -0.25) is 9.59 Å². The Labute approximate surface area is 101 Å². The summed E-state index contributed by atoms with van der Waals surface area (Å²) < 4.78 is 1.43. The van der Waals surface area contributed by atoms with Gasteiger partial charge >= 0.3 is 0 Å². The van der Waals surface area contributed by atoms with Crippen LogP contribution < -0.4 is 16.6 Å². The van der Waals surface area contributed by atoms with Gasteiger partial charge in [0.1, 0.15) is 0 Å². The fourth-order valence-electron chi connectivity index (χ4n) is 1.54. The van der Waals surface area contributed by atoms with E-state index in [0.717, 1.165) is 6.42 Å². The van der Waals surface area contributed by atoms with Crippen LogP contribution in [-0.2, 0) is 11.8 Å². The molecule has 0 aliphatic heterocycles. The van der Waals surface area contributed by atoms with Gasteiger partial charge in [-0.25, -0.2) is 0 Å². The van der Waals surface area contributed by atoms with Crippen molar-refractivity contribution in [3.05, 3.63) is 28.7 Å². The highest BCUT2D eigenvalue weighted by Crippen LogP contribution is 2.09. The van der Waals surface area contributed by atoms with Crippen molar-refractivity contribution >= 4 is 11.6 Å². The molecule has 0 spiro atoms. The van der Waals surface area contributed by atoms with Crippen molar-refractivity contribution in [1.29, 1.82) is 0 Å². The summed E-state index contributed by atoms with van der Waals surface area (Å²) >= 11 is 0. The molecule has 1 rings (SSSR count). The van der Waals surface area contributed by atoms with Crippen molar-refractivity contribution in [1.82, 2.24) is 4.57 Å². The lowest BCUT2D eigenvalue weighted by atomic mass is 10.0. The third kappa shape index (κ3) is 4.03. The number of nitrogens with one attached hydrogen (secondary N) is 1. The SMILES string of the molecule is CCC(CN)CC(=O)Nc1ccc(=O)n(C)c1. The molecule has 1 aromatic heterocycles. The summed E-state index contributed by atoms with van der Waals surface area (Å²) in [5.41, 5.74) is 6.07. The van der Waals surface area contributed by atoms with Crippen LogP contribution >= 0.6 is 0 Å². The van der Waals surface area contributed by atoms with Crippen molar-refractivity contribution in [2.75, 3.05) is 11.9 Å². The molecule has 1 atom stereocenters. The third-order valence-corrected chi connectivity index (χ3v) is 2.75. The number of carbonyl (C=O) groups excluding carboxylic acids is 1. The number of rotatable bonds is 5. The second-order valence-corrected chi connectivity index (χ2v) is 4.13. The summed E-state index contributed by atoms with van der Waals surface area (Å²) in [5, 5.41) is 2.75. The molecule has 1 heterocycles. The topological polar surface area (TPSA) is 77.1 Å². The van der Waals surface area contributed by atoms with Gasteiger partial charge in [0.2, 0.25) is 11.5 Å². The number of anilines is 1. The molecular weight excluding hydrogens is 218 g/mol. The number of aromatic nitrogens is 1. The Bertz CT molecular complexity index is 436. The Balaban J connectivity index is 2.62. The lowest BCUT2D eigenvalue weighted by molar-refractivity contribution is -0.117. The zero-order chi connectivity index (χ0) is 12.8. The van der Waals surface area contributed by atoms with Gasteiger partial charge in [-0.05, 0) is 18.5 Å². The minimum Gasteiger partial charge on any atom is -0.330 e. The summed E-state index contributed by atoms with van der Waals surface area (Å²) in [5.74, 6) is 0.142. The van der Waals surface area contributed by atoms with Crippen LogP contribution in [0.2, 0.25) is 0 Å². The van der Waals surface area contributed by atoms with Crippen LogP contribution in [0, 0.1) is 5.92 Å². The Morgan fingerprint density at radius 2 is 2.24 bits per heavy atom. The number of aryl methyl sites for hydroxylation is 1. The van der Waals surface area contributed by atoms with Crippen LogP contribution in [0.1, 0.15) is 19.8 Å². The van der Waals surface area contributed by atoms with Crippen LogP contribution in [0.4, 0.5) is 5.69 Å². The van der Waals surface area contributed by atoms with Gasteiger partial charge < -0.3 is 15.6 Å². The van der Waals surface area contributed by atoms with Crippen LogP contribution in [0.25, 0.3) is 0 Å². The molecule has 17 heavy (non-hydrogen) atoms. The Morgan fingerprint density at radius 3 is 2.76 bits per heavy atom. The first-order valence-electron chi connectivity index (χ1n) is 5.73. The molecule has 3 N–H and O–H groups in total. The largest absolute Gasteiger partial charge is 0.330 e. The standard InChI is InChI=1S/C12H19N3O2/c1-3-9(7-13)6-11(16)14-10-4-5-12(17)15(2)8-10/h4-5,8-9H,3,6-7,13H2,1-2H3,(H,14,16). The molecule has 0 bridgehead atoms. The van der Waals surface area contributed by atoms with Crippen LogP contribution in [-0.4, -0.2) is 17.0 Å². The summed E-state index contributed by atoms with van der Waals surface area (Å²) in [4.78, 5) is 22.8. The number of nitrogens with two attached hydrogens (primary N) is 1. The Kier molecular flexibility index (Phi) is 4.90. The summed E-state index contributed by atoms with van der Waals surface area (Å²) in [6.07, 6.45) is 2.90. The van der Waals surface area contributed by atoms with E-state index in [4.69, 9.17) is 5.73 Å². The molecule has 0 fully saturated rings. The lowest BCUT2D eigenvalue weighted by Gasteiger charge is -2.12. The molecule has 0 saturated heterocycles. The van der Waals surface area contributed by atoms with E-state index in [-0.39, 0.29) is 17.4 Å². The Hall–Kier alpha value is -1.62. The molecule has 0 aliphatic carbocycles. The zero-order valence-electron chi connectivity index (χ0n) is 10.3. The Morgan fingerprint density at radius 1 is 1.53 bits per heavy atom. The van der Waals surface area contributed by atoms with Crippen molar-refractivity contribution in [2.45, 2.75) is 19.8 Å². The summed E-state index contributed by atoms with van der Waals surface area (Å²) in [6, 6.07) is 3.03. The number of amides is 1. The van der Waals surface area contributed by atoms with Gasteiger partial charge in [0.25, 0.3) is 0 Å². The average Bonchev–Trinajstić information content (AvgIpc) is 2.31. The molecule has 0 saturated carbocycles. The monoisotopic (exact) mass is 237 g/mol. The van der Waals surface area contributed by atoms with E-state index < -0.39 is 0 Å². The van der Waals surface area contributed by atoms with Crippen LogP contribution in [0.15, 0.2) is 23.1 Å². The van der Waals surface area contributed by atoms with E-state index in [0.29, 0.717) is 18.7 Å². The van der Waals surface area contributed by atoms with E-state index in [1.165, 1.54) is 10.6 Å². The van der Waals surface area contributed by atoms with E-state index in [9.17, 15) is 9.59 Å². The number of hydrogen-bond donors (Lipinski definition) is 2. The van der Waals surface area contributed by atoms with Gasteiger partial charge in [0.05, 0.1) is 5.69 Å². The minimum absolute atomic E-state index is 0.0686. The first-order chi connectivity index (χ1) is 8.06. The quantitative estimate of drug-likeness (QED) is 0.791. The number of pyridine rings is 1. The number of nitrogens with zero attached hydrogens (tertiary/aromatic N) is 1. The van der Waals surface area contributed by atoms with Crippen LogP contribution in [0.5, 0.6) is 0 Å². The van der Waals surface area contributed by atoms with Gasteiger partial charge in [-0.2, -0.15) is 0 Å². The first-order valence-corrected chi connectivity index (χ1v) is 5.73. The van der Waals surface area contributed by atoms with Gasteiger partial charge in [-0.1, -0.05) is 13.3 Å². The van der Waals surface area contributed by atoms with Crippen molar-refractivity contribution in [3.63, 3.8) is 0 Å². The summed E-state index contributed by atoms with van der Waals surface area (Å²) in [7, 11) is 1.65. The highest BCUT2D eigenvalue weighted by atomic mass is 16.1. The maximum atomic E-state index is 11.7. The number of carbonyl (C=O) groups is 1. The van der Waals surface area contributed by atoms with Gasteiger partial charge in [-0.15, -0.1) is 0 Å². The smallest absolute Gasteiger partial charge is 0.250 e. The average molecular weight is 237 g/mol. The molecule has 0 radical (unpaired) electrons. The van der Waals surface area contributed by atoms with E-state index in [2.05, 4.69) is 5.32 Å². The molecule has 5 nitrogen and oxygen atoms in total. The first kappa shape index (κ1) is 13.4. The fourth-order valence-corrected chi connectivity index (χ4v) is 1.54. The molecule has 94 valence electrons.